The van der Waals surface area contributed by atoms with Crippen molar-refractivity contribution in [1.82, 2.24) is 4.98 Å². The molecule has 0 bridgehead atoms. The Hall–Kier alpha value is -2.99. The highest BCUT2D eigenvalue weighted by atomic mass is 19.2. The van der Waals surface area contributed by atoms with Crippen LogP contribution in [0, 0.1) is 41.2 Å². The number of benzene rings is 1. The summed E-state index contributed by atoms with van der Waals surface area (Å²) in [6.45, 7) is 1.56. The van der Waals surface area contributed by atoms with Gasteiger partial charge in [0, 0.05) is 16.8 Å². The zero-order chi connectivity index (χ0) is 14.9. The van der Waals surface area contributed by atoms with E-state index in [4.69, 9.17) is 10.5 Å². The molecule has 0 spiro atoms. The van der Waals surface area contributed by atoms with Crippen LogP contribution in [0.2, 0.25) is 0 Å². The van der Waals surface area contributed by atoms with Gasteiger partial charge in [-0.15, -0.1) is 0 Å². The number of hydrogen-bond donors (Lipinski definition) is 1. The molecule has 2 rings (SSSR count). The second-order valence-corrected chi connectivity index (χ2v) is 4.08. The van der Waals surface area contributed by atoms with E-state index in [0.717, 1.165) is 6.07 Å². The Bertz CT molecular complexity index is 841. The van der Waals surface area contributed by atoms with Crippen molar-refractivity contribution in [3.05, 3.63) is 57.0 Å². The predicted octanol–water partition coefficient (Wildman–Crippen LogP) is 2.37. The standard InChI is InChI=1S/C14H7F2N3O/c1-7-4-10(11(6-18)14(20)19-7)9-3-2-8(5-17)12(15)13(9)16/h2-4H,1H3,(H,19,20). The number of nitriles is 2. The van der Waals surface area contributed by atoms with Gasteiger partial charge in [-0.3, -0.25) is 4.79 Å². The Morgan fingerprint density at radius 2 is 1.80 bits per heavy atom. The molecule has 6 heteroatoms. The summed E-state index contributed by atoms with van der Waals surface area (Å²) < 4.78 is 27.6. The number of halogens is 2. The van der Waals surface area contributed by atoms with Crippen LogP contribution in [0.15, 0.2) is 23.0 Å². The number of pyridine rings is 1. The molecule has 0 aliphatic carbocycles. The van der Waals surface area contributed by atoms with Crippen LogP contribution in [0.5, 0.6) is 0 Å². The lowest BCUT2D eigenvalue weighted by atomic mass is 9.99. The SMILES string of the molecule is Cc1cc(-c2ccc(C#N)c(F)c2F)c(C#N)c(=O)[nH]1. The monoisotopic (exact) mass is 271 g/mol. The number of nitrogens with one attached hydrogen (secondary N) is 1. The average Bonchev–Trinajstić information content (AvgIpc) is 2.41. The number of aromatic amines is 1. The first-order valence-corrected chi connectivity index (χ1v) is 5.52. The summed E-state index contributed by atoms with van der Waals surface area (Å²) >= 11 is 0. The number of hydrogen-bond acceptors (Lipinski definition) is 3. The van der Waals surface area contributed by atoms with Gasteiger partial charge in [-0.2, -0.15) is 10.5 Å². The summed E-state index contributed by atoms with van der Waals surface area (Å²) in [4.78, 5) is 14.0. The largest absolute Gasteiger partial charge is 0.325 e. The van der Waals surface area contributed by atoms with Crippen LogP contribution < -0.4 is 5.56 Å². The van der Waals surface area contributed by atoms with E-state index in [1.165, 1.54) is 18.2 Å². The van der Waals surface area contributed by atoms with Crippen LogP contribution in [0.25, 0.3) is 11.1 Å². The van der Waals surface area contributed by atoms with Crippen molar-refractivity contribution in [1.29, 1.82) is 10.5 Å². The molecular weight excluding hydrogens is 264 g/mol. The van der Waals surface area contributed by atoms with Crippen molar-refractivity contribution in [3.8, 4) is 23.3 Å². The zero-order valence-corrected chi connectivity index (χ0v) is 10.3. The molecule has 1 aromatic carbocycles. The summed E-state index contributed by atoms with van der Waals surface area (Å²) in [5, 5.41) is 17.6. The van der Waals surface area contributed by atoms with E-state index in [1.807, 2.05) is 0 Å². The lowest BCUT2D eigenvalue weighted by Gasteiger charge is -2.07. The molecule has 98 valence electrons. The van der Waals surface area contributed by atoms with Crippen molar-refractivity contribution in [2.45, 2.75) is 6.92 Å². The normalized spacial score (nSPS) is 9.85. The molecule has 0 atom stereocenters. The van der Waals surface area contributed by atoms with E-state index in [2.05, 4.69) is 4.98 Å². The van der Waals surface area contributed by atoms with Gasteiger partial charge in [0.05, 0.1) is 5.56 Å². The minimum absolute atomic E-state index is 0.00496. The van der Waals surface area contributed by atoms with Gasteiger partial charge in [0.15, 0.2) is 11.6 Å². The molecular formula is C14H7F2N3O. The number of rotatable bonds is 1. The quantitative estimate of drug-likeness (QED) is 0.864. The molecule has 1 heterocycles. The van der Waals surface area contributed by atoms with Gasteiger partial charge in [-0.25, -0.2) is 8.78 Å². The summed E-state index contributed by atoms with van der Waals surface area (Å²) in [6, 6.07) is 6.84. The minimum atomic E-state index is -1.30. The van der Waals surface area contributed by atoms with Crippen molar-refractivity contribution < 1.29 is 8.78 Å². The third-order valence-corrected chi connectivity index (χ3v) is 2.77. The second kappa shape index (κ2) is 4.94. The van der Waals surface area contributed by atoms with E-state index in [9.17, 15) is 13.6 Å². The molecule has 0 saturated heterocycles. The minimum Gasteiger partial charge on any atom is -0.325 e. The van der Waals surface area contributed by atoms with Crippen molar-refractivity contribution in [2.75, 3.05) is 0 Å². The van der Waals surface area contributed by atoms with Crippen LogP contribution in [-0.2, 0) is 0 Å². The molecule has 0 fully saturated rings. The fourth-order valence-corrected chi connectivity index (χ4v) is 1.86. The molecule has 4 nitrogen and oxygen atoms in total. The fraction of sp³-hybridized carbons (Fsp3) is 0.0714. The summed E-state index contributed by atoms with van der Waals surface area (Å²) in [6.07, 6.45) is 0. The van der Waals surface area contributed by atoms with Gasteiger partial charge in [0.25, 0.3) is 5.56 Å². The molecule has 0 aliphatic rings. The Morgan fingerprint density at radius 1 is 1.10 bits per heavy atom. The predicted molar refractivity (Wildman–Crippen MR) is 66.6 cm³/mol. The first kappa shape index (κ1) is 13.4. The molecule has 2 aromatic rings. The lowest BCUT2D eigenvalue weighted by molar-refractivity contribution is 0.509. The average molecular weight is 271 g/mol. The summed E-state index contributed by atoms with van der Waals surface area (Å²) in [5.74, 6) is -2.56. The molecule has 0 aliphatic heterocycles. The van der Waals surface area contributed by atoms with Crippen molar-refractivity contribution in [3.63, 3.8) is 0 Å². The first-order valence-electron chi connectivity index (χ1n) is 5.52. The summed E-state index contributed by atoms with van der Waals surface area (Å²) in [7, 11) is 0. The maximum Gasteiger partial charge on any atom is 0.266 e. The smallest absolute Gasteiger partial charge is 0.266 e. The third kappa shape index (κ3) is 2.04. The van der Waals surface area contributed by atoms with Gasteiger partial charge in [-0.05, 0) is 25.1 Å². The maximum absolute atomic E-state index is 14.0. The Balaban J connectivity index is 2.84. The van der Waals surface area contributed by atoms with Crippen LogP contribution in [0.1, 0.15) is 16.8 Å². The molecule has 0 unspecified atom stereocenters. The molecule has 0 saturated carbocycles. The van der Waals surface area contributed by atoms with Gasteiger partial charge in [-0.1, -0.05) is 0 Å². The highest BCUT2D eigenvalue weighted by Gasteiger charge is 2.18. The van der Waals surface area contributed by atoms with E-state index < -0.39 is 22.8 Å². The number of nitrogens with zero attached hydrogens (tertiary/aromatic N) is 2. The van der Waals surface area contributed by atoms with Gasteiger partial charge < -0.3 is 4.98 Å². The van der Waals surface area contributed by atoms with Crippen LogP contribution in [0.3, 0.4) is 0 Å². The molecule has 1 aromatic heterocycles. The fourth-order valence-electron chi connectivity index (χ4n) is 1.86. The zero-order valence-electron chi connectivity index (χ0n) is 10.3. The molecule has 20 heavy (non-hydrogen) atoms. The van der Waals surface area contributed by atoms with Gasteiger partial charge in [0.2, 0.25) is 0 Å². The maximum atomic E-state index is 14.0. The third-order valence-electron chi connectivity index (χ3n) is 2.77. The molecule has 0 amide bonds. The lowest BCUT2D eigenvalue weighted by Crippen LogP contribution is -2.13. The van der Waals surface area contributed by atoms with Crippen LogP contribution in [0.4, 0.5) is 8.78 Å². The van der Waals surface area contributed by atoms with E-state index in [1.54, 1.807) is 13.0 Å². The topological polar surface area (TPSA) is 80.4 Å². The van der Waals surface area contributed by atoms with E-state index in [0.29, 0.717) is 5.69 Å². The van der Waals surface area contributed by atoms with Crippen molar-refractivity contribution >= 4 is 0 Å². The van der Waals surface area contributed by atoms with Crippen LogP contribution in [-0.4, -0.2) is 4.98 Å². The highest BCUT2D eigenvalue weighted by Crippen LogP contribution is 2.27. The Labute approximate surface area is 112 Å². The van der Waals surface area contributed by atoms with E-state index >= 15 is 0 Å². The van der Waals surface area contributed by atoms with Gasteiger partial charge in [0.1, 0.15) is 17.7 Å². The molecule has 0 radical (unpaired) electrons. The Kier molecular flexibility index (Phi) is 3.32. The Morgan fingerprint density at radius 3 is 2.40 bits per heavy atom. The van der Waals surface area contributed by atoms with E-state index in [-0.39, 0.29) is 16.7 Å². The van der Waals surface area contributed by atoms with Crippen molar-refractivity contribution in [2.24, 2.45) is 0 Å². The highest BCUT2D eigenvalue weighted by molar-refractivity contribution is 5.71. The van der Waals surface area contributed by atoms with Gasteiger partial charge >= 0.3 is 0 Å². The number of aryl methyl sites for hydroxylation is 1. The number of aromatic nitrogens is 1. The first-order chi connectivity index (χ1) is 9.49. The molecule has 1 N–H and O–H groups in total. The summed E-state index contributed by atoms with van der Waals surface area (Å²) in [5.41, 5.74) is -1.24. The van der Waals surface area contributed by atoms with Crippen LogP contribution >= 0.6 is 0 Å². The number of H-pyrrole nitrogens is 1. The second-order valence-electron chi connectivity index (χ2n) is 4.08.